The quantitative estimate of drug-likeness (QED) is 0.148. The van der Waals surface area contributed by atoms with Crippen molar-refractivity contribution in [3.05, 3.63) is 46.3 Å². The van der Waals surface area contributed by atoms with Crippen molar-refractivity contribution in [2.75, 3.05) is 13.1 Å². The highest BCUT2D eigenvalue weighted by Gasteiger charge is 2.55. The van der Waals surface area contributed by atoms with Crippen LogP contribution >= 0.6 is 0 Å². The van der Waals surface area contributed by atoms with Crippen molar-refractivity contribution in [1.82, 2.24) is 4.90 Å². The van der Waals surface area contributed by atoms with Crippen LogP contribution in [0.25, 0.3) is 10.4 Å². The van der Waals surface area contributed by atoms with Crippen LogP contribution in [-0.2, 0) is 30.2 Å². The molecule has 11 heteroatoms. The fourth-order valence-electron chi connectivity index (χ4n) is 4.62. The molecule has 0 bridgehead atoms. The summed E-state index contributed by atoms with van der Waals surface area (Å²) in [7, 11) is -0.382. The number of esters is 1. The Morgan fingerprint density at radius 2 is 1.78 bits per heavy atom. The fourth-order valence-corrected chi connectivity index (χ4v) is 4.62. The predicted molar refractivity (Wildman–Crippen MR) is 140 cm³/mol. The van der Waals surface area contributed by atoms with Gasteiger partial charge in [0.15, 0.2) is 5.54 Å². The molecule has 0 spiro atoms. The number of carbonyl (C=O) groups excluding carboxylic acids is 2. The molecule has 202 valence electrons. The largest absolute Gasteiger partial charge is 0.460 e. The zero-order chi connectivity index (χ0) is 27.5. The summed E-state index contributed by atoms with van der Waals surface area (Å²) in [6, 6.07) is 9.27. The molecule has 1 aromatic rings. The Morgan fingerprint density at radius 3 is 2.35 bits per heavy atom. The highest BCUT2D eigenvalue weighted by atomic mass is 16.7. The molecule has 0 aromatic heterocycles. The van der Waals surface area contributed by atoms with Gasteiger partial charge >= 0.3 is 19.2 Å². The molecule has 0 N–H and O–H groups in total. The first-order valence-electron chi connectivity index (χ1n) is 12.8. The maximum atomic E-state index is 13.5. The van der Waals surface area contributed by atoms with E-state index in [0.717, 1.165) is 5.56 Å². The van der Waals surface area contributed by atoms with Crippen molar-refractivity contribution in [2.24, 2.45) is 11.0 Å². The second kappa shape index (κ2) is 10.9. The minimum Gasteiger partial charge on any atom is -0.460 e. The molecule has 0 radical (unpaired) electrons. The lowest BCUT2D eigenvalue weighted by Crippen LogP contribution is -2.46. The molecule has 3 rings (SSSR count). The second-order valence-electron chi connectivity index (χ2n) is 11.9. The molecule has 2 aliphatic rings. The first kappa shape index (κ1) is 28.8. The summed E-state index contributed by atoms with van der Waals surface area (Å²) in [5, 5.41) is 3.97. The number of likely N-dealkylation sites (tertiary alicyclic amines) is 1. The van der Waals surface area contributed by atoms with Gasteiger partial charge in [-0.05, 0) is 72.3 Å². The average Bonchev–Trinajstić information content (AvgIpc) is 3.26. The smallest absolute Gasteiger partial charge is 0.457 e. The highest BCUT2D eigenvalue weighted by Crippen LogP contribution is 2.40. The first-order chi connectivity index (χ1) is 17.2. The van der Waals surface area contributed by atoms with Gasteiger partial charge in [0.25, 0.3) is 0 Å². The van der Waals surface area contributed by atoms with Gasteiger partial charge in [-0.1, -0.05) is 41.9 Å². The van der Waals surface area contributed by atoms with Gasteiger partial charge in [0.2, 0.25) is 0 Å². The first-order valence-corrected chi connectivity index (χ1v) is 12.8. The molecule has 37 heavy (non-hydrogen) atoms. The van der Waals surface area contributed by atoms with Crippen molar-refractivity contribution in [2.45, 2.75) is 96.6 Å². The van der Waals surface area contributed by atoms with E-state index in [1.54, 1.807) is 20.8 Å². The zero-order valence-corrected chi connectivity index (χ0v) is 23.0. The topological polar surface area (TPSA) is 123 Å². The summed E-state index contributed by atoms with van der Waals surface area (Å²) in [6.07, 6.45) is 1.18. The van der Waals surface area contributed by atoms with E-state index in [1.807, 2.05) is 58.0 Å². The summed E-state index contributed by atoms with van der Waals surface area (Å²) in [4.78, 5) is 30.8. The number of amides is 1. The highest BCUT2D eigenvalue weighted by molar-refractivity contribution is 6.45. The number of azide groups is 1. The molecule has 0 saturated carbocycles. The number of nitrogens with zero attached hydrogens (tertiary/aromatic N) is 4. The van der Waals surface area contributed by atoms with Gasteiger partial charge in [-0.3, -0.25) is 4.79 Å². The van der Waals surface area contributed by atoms with Gasteiger partial charge < -0.3 is 23.7 Å². The zero-order valence-electron chi connectivity index (χ0n) is 23.0. The Balaban J connectivity index is 1.77. The standard InChI is InChI=1S/C26H39BN4O6/c1-23(2,3)35-22(33)31-16-20(14-11-15-27-36-24(4,5)25(6,7)37-27)26(18-31,29-30-28)21(32)34-17-19-12-9-8-10-13-19/h8-10,12-13,20H,11,14-18H2,1-7H3/t20-,26-/m0/s1. The summed E-state index contributed by atoms with van der Waals surface area (Å²) in [6.45, 7) is 13.5. The van der Waals surface area contributed by atoms with Crippen LogP contribution in [0.5, 0.6) is 0 Å². The van der Waals surface area contributed by atoms with Crippen molar-refractivity contribution in [3.63, 3.8) is 0 Å². The van der Waals surface area contributed by atoms with E-state index in [-0.39, 0.29) is 26.8 Å². The van der Waals surface area contributed by atoms with Crippen LogP contribution < -0.4 is 0 Å². The Hall–Kier alpha value is -2.75. The van der Waals surface area contributed by atoms with Crippen molar-refractivity contribution in [3.8, 4) is 0 Å². The average molecular weight is 514 g/mol. The molecule has 2 aliphatic heterocycles. The van der Waals surface area contributed by atoms with Crippen LogP contribution in [0.2, 0.25) is 6.32 Å². The third-order valence-corrected chi connectivity index (χ3v) is 7.28. The van der Waals surface area contributed by atoms with Crippen LogP contribution in [0, 0.1) is 5.92 Å². The lowest BCUT2D eigenvalue weighted by atomic mass is 9.78. The van der Waals surface area contributed by atoms with Gasteiger partial charge in [-0.15, -0.1) is 0 Å². The van der Waals surface area contributed by atoms with Crippen molar-refractivity contribution < 1.29 is 28.4 Å². The maximum Gasteiger partial charge on any atom is 0.457 e. The van der Waals surface area contributed by atoms with E-state index >= 15 is 0 Å². The van der Waals surface area contributed by atoms with Crippen LogP contribution in [0.4, 0.5) is 4.79 Å². The molecule has 2 fully saturated rings. The maximum absolute atomic E-state index is 13.5. The summed E-state index contributed by atoms with van der Waals surface area (Å²) < 4.78 is 23.4. The molecule has 10 nitrogen and oxygen atoms in total. The van der Waals surface area contributed by atoms with Gasteiger partial charge in [0, 0.05) is 23.9 Å². The normalized spacial score (nSPS) is 24.5. The van der Waals surface area contributed by atoms with Crippen LogP contribution in [0.15, 0.2) is 35.4 Å². The van der Waals surface area contributed by atoms with E-state index < -0.39 is 40.3 Å². The number of carbonyl (C=O) groups is 2. The van der Waals surface area contributed by atoms with E-state index in [4.69, 9.17) is 18.8 Å². The number of ether oxygens (including phenoxy) is 2. The van der Waals surface area contributed by atoms with E-state index in [9.17, 15) is 15.1 Å². The molecule has 1 aromatic carbocycles. The van der Waals surface area contributed by atoms with Crippen LogP contribution in [0.3, 0.4) is 0 Å². The van der Waals surface area contributed by atoms with Crippen molar-refractivity contribution >= 4 is 19.2 Å². The molecule has 0 aliphatic carbocycles. The molecule has 2 saturated heterocycles. The Kier molecular flexibility index (Phi) is 8.52. The third kappa shape index (κ3) is 6.77. The van der Waals surface area contributed by atoms with E-state index in [2.05, 4.69) is 10.0 Å². The van der Waals surface area contributed by atoms with Gasteiger partial charge in [-0.2, -0.15) is 0 Å². The predicted octanol–water partition coefficient (Wildman–Crippen LogP) is 5.52. The minimum atomic E-state index is -1.56. The lowest BCUT2D eigenvalue weighted by Gasteiger charge is -2.32. The molecule has 2 heterocycles. The second-order valence-corrected chi connectivity index (χ2v) is 11.9. The number of rotatable bonds is 8. The van der Waals surface area contributed by atoms with Gasteiger partial charge in [0.1, 0.15) is 12.2 Å². The number of hydrogen-bond acceptors (Lipinski definition) is 7. The van der Waals surface area contributed by atoms with Gasteiger partial charge in [0.05, 0.1) is 11.2 Å². The molecular weight excluding hydrogens is 475 g/mol. The summed E-state index contributed by atoms with van der Waals surface area (Å²) in [5.41, 5.74) is 7.12. The lowest BCUT2D eigenvalue weighted by molar-refractivity contribution is -0.152. The van der Waals surface area contributed by atoms with Crippen molar-refractivity contribution in [1.29, 1.82) is 0 Å². The monoisotopic (exact) mass is 514 g/mol. The molecule has 2 atom stereocenters. The van der Waals surface area contributed by atoms with E-state index in [1.165, 1.54) is 4.90 Å². The summed E-state index contributed by atoms with van der Waals surface area (Å²) >= 11 is 0. The molecular formula is C26H39BN4O6. The third-order valence-electron chi connectivity index (χ3n) is 7.28. The van der Waals surface area contributed by atoms with E-state index in [0.29, 0.717) is 19.2 Å². The Morgan fingerprint density at radius 1 is 1.16 bits per heavy atom. The SMILES string of the molecule is CC(C)(C)OC(=O)N1C[C@H](CCCB2OC(C)(C)C(C)(C)O2)[C@](N=[N+]=[N-])(C(=O)OCc2ccccc2)C1. The number of benzene rings is 1. The molecule has 1 amide bonds. The summed E-state index contributed by atoms with van der Waals surface area (Å²) in [5.74, 6) is -1.11. The Bertz CT molecular complexity index is 1010. The van der Waals surface area contributed by atoms with Crippen LogP contribution in [0.1, 0.15) is 66.9 Å². The minimum absolute atomic E-state index is 0.0372. The number of hydrogen-bond donors (Lipinski definition) is 0. The Labute approximate surface area is 219 Å². The molecule has 0 unspecified atom stereocenters. The van der Waals surface area contributed by atoms with Crippen LogP contribution in [-0.4, -0.2) is 59.5 Å². The van der Waals surface area contributed by atoms with Gasteiger partial charge in [-0.25, -0.2) is 4.79 Å². The fraction of sp³-hybridized carbons (Fsp3) is 0.692.